The van der Waals surface area contributed by atoms with Crippen molar-refractivity contribution in [3.8, 4) is 0 Å². The van der Waals surface area contributed by atoms with Gasteiger partial charge in [-0.05, 0) is 54.0 Å². The lowest BCUT2D eigenvalue weighted by molar-refractivity contribution is 0.602. The van der Waals surface area contributed by atoms with Crippen LogP contribution in [0.25, 0.3) is 10.2 Å². The van der Waals surface area contributed by atoms with Crippen molar-refractivity contribution in [3.05, 3.63) is 41.5 Å². The van der Waals surface area contributed by atoms with Crippen LogP contribution in [-0.4, -0.2) is 24.6 Å². The van der Waals surface area contributed by atoms with Crippen LogP contribution in [0.15, 0.2) is 40.9 Å². The summed E-state index contributed by atoms with van der Waals surface area (Å²) >= 11 is 1.64. The monoisotopic (exact) mass is 345 g/mol. The fourth-order valence-electron chi connectivity index (χ4n) is 2.61. The van der Waals surface area contributed by atoms with E-state index in [1.165, 1.54) is 24.7 Å². The SMILES string of the molecule is CS(=O)(=O)c1ccc(Nc2ncnc3scc(C4CC4)c23)cc1. The van der Waals surface area contributed by atoms with Crippen LogP contribution < -0.4 is 5.32 Å². The number of nitrogens with zero attached hydrogens (tertiary/aromatic N) is 2. The van der Waals surface area contributed by atoms with E-state index in [-0.39, 0.29) is 0 Å². The number of fused-ring (bicyclic) bond motifs is 1. The third-order valence-corrected chi connectivity index (χ3v) is 5.99. The van der Waals surface area contributed by atoms with Crippen molar-refractivity contribution >= 4 is 42.9 Å². The third kappa shape index (κ3) is 2.82. The number of hydrogen-bond donors (Lipinski definition) is 1. The van der Waals surface area contributed by atoms with Crippen LogP contribution in [0.4, 0.5) is 11.5 Å². The molecular formula is C16H15N3O2S2. The molecule has 0 spiro atoms. The largest absolute Gasteiger partial charge is 0.340 e. The van der Waals surface area contributed by atoms with Gasteiger partial charge in [-0.25, -0.2) is 18.4 Å². The van der Waals surface area contributed by atoms with Crippen molar-refractivity contribution in [2.24, 2.45) is 0 Å². The van der Waals surface area contributed by atoms with E-state index in [0.29, 0.717) is 10.8 Å². The Labute approximate surface area is 138 Å². The maximum atomic E-state index is 11.5. The minimum absolute atomic E-state index is 0.310. The standard InChI is InChI=1S/C16H15N3O2S2/c1-23(20,21)12-6-4-11(5-7-12)19-15-14-13(10-2-3-10)8-22-16(14)18-9-17-15/h4-10H,2-3H2,1H3,(H,17,18,19). The molecule has 1 N–H and O–H groups in total. The highest BCUT2D eigenvalue weighted by atomic mass is 32.2. The number of hydrogen-bond acceptors (Lipinski definition) is 6. The van der Waals surface area contributed by atoms with Gasteiger partial charge in [-0.3, -0.25) is 0 Å². The quantitative estimate of drug-likeness (QED) is 0.780. The van der Waals surface area contributed by atoms with Crippen molar-refractivity contribution in [1.82, 2.24) is 9.97 Å². The van der Waals surface area contributed by atoms with Crippen LogP contribution >= 0.6 is 11.3 Å². The molecule has 1 aliphatic rings. The summed E-state index contributed by atoms with van der Waals surface area (Å²) in [6.07, 6.45) is 5.21. The highest BCUT2D eigenvalue weighted by Crippen LogP contribution is 2.46. The summed E-state index contributed by atoms with van der Waals surface area (Å²) in [7, 11) is -3.18. The molecule has 4 rings (SSSR count). The van der Waals surface area contributed by atoms with Crippen LogP contribution in [0, 0.1) is 0 Å². The zero-order valence-corrected chi connectivity index (χ0v) is 14.1. The zero-order valence-electron chi connectivity index (χ0n) is 12.5. The van der Waals surface area contributed by atoms with Gasteiger partial charge >= 0.3 is 0 Å². The Morgan fingerprint density at radius 2 is 1.91 bits per heavy atom. The molecule has 0 radical (unpaired) electrons. The van der Waals surface area contributed by atoms with Gasteiger partial charge in [0.2, 0.25) is 0 Å². The van der Waals surface area contributed by atoms with E-state index in [1.54, 1.807) is 41.9 Å². The van der Waals surface area contributed by atoms with Crippen LogP contribution in [0.1, 0.15) is 24.3 Å². The molecule has 0 bridgehead atoms. The highest BCUT2D eigenvalue weighted by Gasteiger charge is 2.28. The Kier molecular flexibility index (Phi) is 3.35. The molecule has 1 fully saturated rings. The molecule has 3 aromatic rings. The molecule has 118 valence electrons. The molecule has 1 aromatic carbocycles. The molecule has 1 aliphatic carbocycles. The molecule has 2 aromatic heterocycles. The molecule has 2 heterocycles. The molecule has 7 heteroatoms. The van der Waals surface area contributed by atoms with Crippen LogP contribution in [0.3, 0.4) is 0 Å². The van der Waals surface area contributed by atoms with Crippen molar-refractivity contribution in [2.45, 2.75) is 23.7 Å². The Morgan fingerprint density at radius 3 is 2.57 bits per heavy atom. The predicted molar refractivity (Wildman–Crippen MR) is 92.2 cm³/mol. The van der Waals surface area contributed by atoms with Gasteiger partial charge in [0.15, 0.2) is 9.84 Å². The summed E-state index contributed by atoms with van der Waals surface area (Å²) in [5, 5.41) is 6.56. The van der Waals surface area contributed by atoms with E-state index < -0.39 is 9.84 Å². The number of sulfone groups is 1. The molecule has 1 saturated carbocycles. The van der Waals surface area contributed by atoms with Gasteiger partial charge in [-0.2, -0.15) is 0 Å². The maximum absolute atomic E-state index is 11.5. The van der Waals surface area contributed by atoms with Gasteiger partial charge in [0.1, 0.15) is 17.0 Å². The summed E-state index contributed by atoms with van der Waals surface area (Å²) in [5.74, 6) is 1.41. The lowest BCUT2D eigenvalue weighted by atomic mass is 10.1. The summed E-state index contributed by atoms with van der Waals surface area (Å²) in [6.45, 7) is 0. The minimum Gasteiger partial charge on any atom is -0.340 e. The van der Waals surface area contributed by atoms with E-state index in [4.69, 9.17) is 0 Å². The number of rotatable bonds is 4. The Balaban J connectivity index is 1.71. The van der Waals surface area contributed by atoms with E-state index in [0.717, 1.165) is 21.7 Å². The Morgan fingerprint density at radius 1 is 1.17 bits per heavy atom. The van der Waals surface area contributed by atoms with E-state index >= 15 is 0 Å². The van der Waals surface area contributed by atoms with Crippen LogP contribution in [-0.2, 0) is 9.84 Å². The first kappa shape index (κ1) is 14.6. The smallest absolute Gasteiger partial charge is 0.175 e. The lowest BCUT2D eigenvalue weighted by Gasteiger charge is -2.08. The minimum atomic E-state index is -3.18. The van der Waals surface area contributed by atoms with Crippen LogP contribution in [0.5, 0.6) is 0 Å². The third-order valence-electron chi connectivity index (χ3n) is 3.96. The van der Waals surface area contributed by atoms with Gasteiger partial charge in [-0.15, -0.1) is 11.3 Å². The number of benzene rings is 1. The maximum Gasteiger partial charge on any atom is 0.175 e. The number of thiophene rings is 1. The first-order valence-corrected chi connectivity index (χ1v) is 10.1. The second-order valence-corrected chi connectivity index (χ2v) is 8.66. The summed E-state index contributed by atoms with van der Waals surface area (Å²) in [6, 6.07) is 6.72. The molecular weight excluding hydrogens is 330 g/mol. The van der Waals surface area contributed by atoms with E-state index in [9.17, 15) is 8.42 Å². The fourth-order valence-corrected chi connectivity index (χ4v) is 4.23. The average molecular weight is 345 g/mol. The van der Waals surface area contributed by atoms with E-state index in [1.807, 2.05) is 0 Å². The first-order chi connectivity index (χ1) is 11.0. The van der Waals surface area contributed by atoms with Crippen molar-refractivity contribution in [1.29, 1.82) is 0 Å². The molecule has 5 nitrogen and oxygen atoms in total. The van der Waals surface area contributed by atoms with Gasteiger partial charge < -0.3 is 5.32 Å². The molecule has 0 aliphatic heterocycles. The van der Waals surface area contributed by atoms with Crippen LogP contribution in [0.2, 0.25) is 0 Å². The molecule has 0 atom stereocenters. The number of nitrogens with one attached hydrogen (secondary N) is 1. The summed E-state index contributed by atoms with van der Waals surface area (Å²) in [5.41, 5.74) is 2.13. The second kappa shape index (κ2) is 5.28. The van der Waals surface area contributed by atoms with Crippen molar-refractivity contribution in [2.75, 3.05) is 11.6 Å². The Hall–Kier alpha value is -1.99. The number of aromatic nitrogens is 2. The van der Waals surface area contributed by atoms with Gasteiger partial charge in [-0.1, -0.05) is 0 Å². The van der Waals surface area contributed by atoms with Crippen molar-refractivity contribution < 1.29 is 8.42 Å². The van der Waals surface area contributed by atoms with Crippen molar-refractivity contribution in [3.63, 3.8) is 0 Å². The fraction of sp³-hybridized carbons (Fsp3) is 0.250. The predicted octanol–water partition coefficient (Wildman–Crippen LogP) is 3.72. The van der Waals surface area contributed by atoms with E-state index in [2.05, 4.69) is 20.7 Å². The summed E-state index contributed by atoms with van der Waals surface area (Å²) < 4.78 is 23.1. The molecule has 0 unspecified atom stereocenters. The topological polar surface area (TPSA) is 72.0 Å². The average Bonchev–Trinajstić information content (AvgIpc) is 3.26. The second-order valence-electron chi connectivity index (χ2n) is 5.79. The van der Waals surface area contributed by atoms with Gasteiger partial charge in [0, 0.05) is 11.9 Å². The molecule has 0 saturated heterocycles. The molecule has 23 heavy (non-hydrogen) atoms. The summed E-state index contributed by atoms with van der Waals surface area (Å²) in [4.78, 5) is 10.0. The van der Waals surface area contributed by atoms with Gasteiger partial charge in [0.25, 0.3) is 0 Å². The number of anilines is 2. The first-order valence-electron chi connectivity index (χ1n) is 7.31. The normalized spacial score (nSPS) is 15.0. The highest BCUT2D eigenvalue weighted by molar-refractivity contribution is 7.90. The Bertz CT molecular complexity index is 974. The lowest BCUT2D eigenvalue weighted by Crippen LogP contribution is -1.99. The molecule has 0 amide bonds. The van der Waals surface area contributed by atoms with Gasteiger partial charge in [0.05, 0.1) is 10.3 Å². The zero-order chi connectivity index (χ0) is 16.0.